The number of amides is 1. The highest BCUT2D eigenvalue weighted by Gasteiger charge is 2.26. The average Bonchev–Trinajstić information content (AvgIpc) is 2.81. The first kappa shape index (κ1) is 9.88. The van der Waals surface area contributed by atoms with E-state index in [4.69, 9.17) is 0 Å². The van der Waals surface area contributed by atoms with E-state index in [2.05, 4.69) is 15.5 Å². The number of carbonyl (C=O) groups excluding carboxylic acids is 1. The second-order valence-electron chi connectivity index (χ2n) is 3.07. The van der Waals surface area contributed by atoms with Gasteiger partial charge < -0.3 is 9.87 Å². The second-order valence-corrected chi connectivity index (χ2v) is 5.61. The van der Waals surface area contributed by atoms with Crippen LogP contribution < -0.4 is 5.32 Å². The minimum atomic E-state index is -1.16. The van der Waals surface area contributed by atoms with Gasteiger partial charge in [0, 0.05) is 17.2 Å². The fourth-order valence-corrected chi connectivity index (χ4v) is 2.23. The van der Waals surface area contributed by atoms with Gasteiger partial charge in [0.1, 0.15) is 6.26 Å². The number of hydrogen-bond donors (Lipinski definition) is 1. The summed E-state index contributed by atoms with van der Waals surface area (Å²) in [5.41, 5.74) is 0. The van der Waals surface area contributed by atoms with Crippen LogP contribution in [0.25, 0.3) is 0 Å². The van der Waals surface area contributed by atoms with Gasteiger partial charge in [0.2, 0.25) is 5.01 Å². The fourth-order valence-electron chi connectivity index (χ4n) is 0.892. The SMILES string of the molecule is C[S+]([O-])c1nnc(C(=O)NC2CC2)s1. The van der Waals surface area contributed by atoms with E-state index in [1.54, 1.807) is 0 Å². The molecular formula is C7H9N3O2S2. The van der Waals surface area contributed by atoms with Gasteiger partial charge in [-0.15, -0.1) is 5.10 Å². The van der Waals surface area contributed by atoms with Crippen LogP contribution in [0.1, 0.15) is 22.6 Å². The van der Waals surface area contributed by atoms with E-state index in [0.717, 1.165) is 24.2 Å². The molecular weight excluding hydrogens is 222 g/mol. The van der Waals surface area contributed by atoms with Crippen molar-refractivity contribution in [1.29, 1.82) is 0 Å². The van der Waals surface area contributed by atoms with Gasteiger partial charge in [0.05, 0.1) is 0 Å². The molecule has 14 heavy (non-hydrogen) atoms. The molecule has 7 heteroatoms. The van der Waals surface area contributed by atoms with E-state index in [-0.39, 0.29) is 5.91 Å². The number of carbonyl (C=O) groups is 1. The molecule has 0 saturated heterocycles. The molecule has 0 bridgehead atoms. The second kappa shape index (κ2) is 3.84. The number of nitrogens with zero attached hydrogens (tertiary/aromatic N) is 2. The van der Waals surface area contributed by atoms with E-state index in [9.17, 15) is 9.35 Å². The maximum Gasteiger partial charge on any atom is 0.322 e. The van der Waals surface area contributed by atoms with Crippen LogP contribution in [-0.2, 0) is 11.2 Å². The zero-order valence-corrected chi connectivity index (χ0v) is 9.15. The van der Waals surface area contributed by atoms with E-state index in [0.29, 0.717) is 15.4 Å². The van der Waals surface area contributed by atoms with Crippen LogP contribution in [-0.4, -0.2) is 33.0 Å². The van der Waals surface area contributed by atoms with Crippen molar-refractivity contribution < 1.29 is 9.35 Å². The van der Waals surface area contributed by atoms with Crippen molar-refractivity contribution in [2.24, 2.45) is 0 Å². The predicted molar refractivity (Wildman–Crippen MR) is 52.7 cm³/mol. The Balaban J connectivity index is 2.03. The zero-order chi connectivity index (χ0) is 10.1. The lowest BCUT2D eigenvalue weighted by atomic mass is 10.6. The van der Waals surface area contributed by atoms with Crippen molar-refractivity contribution in [3.05, 3.63) is 5.01 Å². The Morgan fingerprint density at radius 3 is 2.86 bits per heavy atom. The Morgan fingerprint density at radius 1 is 1.64 bits per heavy atom. The van der Waals surface area contributed by atoms with Crippen molar-refractivity contribution in [2.75, 3.05) is 6.26 Å². The summed E-state index contributed by atoms with van der Waals surface area (Å²) in [5.74, 6) is -0.207. The molecule has 0 spiro atoms. The molecule has 1 amide bonds. The minimum absolute atomic E-state index is 0.207. The number of hydrogen-bond acceptors (Lipinski definition) is 5. The molecule has 1 aliphatic rings. The monoisotopic (exact) mass is 231 g/mol. The van der Waals surface area contributed by atoms with Crippen molar-refractivity contribution in [2.45, 2.75) is 23.2 Å². The number of rotatable bonds is 3. The summed E-state index contributed by atoms with van der Waals surface area (Å²) in [4.78, 5) is 11.4. The summed E-state index contributed by atoms with van der Waals surface area (Å²) >= 11 is -0.0724. The molecule has 1 fully saturated rings. The largest absolute Gasteiger partial charge is 0.610 e. The average molecular weight is 231 g/mol. The van der Waals surface area contributed by atoms with Crippen molar-refractivity contribution in [3.63, 3.8) is 0 Å². The first-order chi connectivity index (χ1) is 6.66. The van der Waals surface area contributed by atoms with Gasteiger partial charge in [-0.1, -0.05) is 5.10 Å². The Bertz CT molecular complexity index is 348. The third-order valence-electron chi connectivity index (χ3n) is 1.76. The summed E-state index contributed by atoms with van der Waals surface area (Å²) < 4.78 is 11.4. The van der Waals surface area contributed by atoms with Crippen LogP contribution >= 0.6 is 11.3 Å². The topological polar surface area (TPSA) is 77.9 Å². The summed E-state index contributed by atoms with van der Waals surface area (Å²) in [6.07, 6.45) is 3.59. The third kappa shape index (κ3) is 2.23. The van der Waals surface area contributed by atoms with Crippen LogP contribution in [0, 0.1) is 0 Å². The zero-order valence-electron chi connectivity index (χ0n) is 7.52. The summed E-state index contributed by atoms with van der Waals surface area (Å²) in [6, 6.07) is 0.307. The third-order valence-corrected chi connectivity index (χ3v) is 4.00. The molecule has 0 aromatic carbocycles. The molecule has 1 aromatic heterocycles. The van der Waals surface area contributed by atoms with Gasteiger partial charge in [0.25, 0.3) is 5.91 Å². The lowest BCUT2D eigenvalue weighted by molar-refractivity contribution is 0.0950. The molecule has 1 N–H and O–H groups in total. The Labute approximate surface area is 88.1 Å². The van der Waals surface area contributed by atoms with Gasteiger partial charge in [-0.05, 0) is 24.2 Å². The van der Waals surface area contributed by atoms with Gasteiger partial charge in [-0.3, -0.25) is 4.79 Å². The predicted octanol–water partition coefficient (Wildman–Crippen LogP) is 0.168. The molecule has 76 valence electrons. The quantitative estimate of drug-likeness (QED) is 0.752. The van der Waals surface area contributed by atoms with Crippen LogP contribution in [0.15, 0.2) is 4.34 Å². The number of nitrogens with one attached hydrogen (secondary N) is 1. The van der Waals surface area contributed by atoms with E-state index >= 15 is 0 Å². The first-order valence-electron chi connectivity index (χ1n) is 4.14. The maximum atomic E-state index is 11.4. The van der Waals surface area contributed by atoms with E-state index < -0.39 is 11.2 Å². The van der Waals surface area contributed by atoms with Crippen LogP contribution in [0.4, 0.5) is 0 Å². The van der Waals surface area contributed by atoms with Gasteiger partial charge in [-0.2, -0.15) is 0 Å². The van der Waals surface area contributed by atoms with Crippen LogP contribution in [0.5, 0.6) is 0 Å². The maximum absolute atomic E-state index is 11.4. The minimum Gasteiger partial charge on any atom is -0.610 e. The normalized spacial score (nSPS) is 17.9. The van der Waals surface area contributed by atoms with Gasteiger partial charge >= 0.3 is 4.34 Å². The highest BCUT2D eigenvalue weighted by molar-refractivity contribution is 7.92. The smallest absolute Gasteiger partial charge is 0.322 e. The lowest BCUT2D eigenvalue weighted by Crippen LogP contribution is -2.25. The van der Waals surface area contributed by atoms with E-state index in [1.807, 2.05) is 0 Å². The molecule has 5 nitrogen and oxygen atoms in total. The highest BCUT2D eigenvalue weighted by atomic mass is 32.2. The molecule has 1 saturated carbocycles. The van der Waals surface area contributed by atoms with Crippen LogP contribution in [0.2, 0.25) is 0 Å². The molecule has 1 aliphatic carbocycles. The van der Waals surface area contributed by atoms with Crippen molar-refractivity contribution in [3.8, 4) is 0 Å². The summed E-state index contributed by atoms with van der Waals surface area (Å²) in [5, 5.41) is 10.4. The number of aromatic nitrogens is 2. The molecule has 1 heterocycles. The molecule has 0 radical (unpaired) electrons. The lowest BCUT2D eigenvalue weighted by Gasteiger charge is -1.97. The Morgan fingerprint density at radius 2 is 2.36 bits per heavy atom. The van der Waals surface area contributed by atoms with Gasteiger partial charge in [0.15, 0.2) is 0 Å². The van der Waals surface area contributed by atoms with Crippen molar-refractivity contribution in [1.82, 2.24) is 15.5 Å². The molecule has 1 unspecified atom stereocenters. The van der Waals surface area contributed by atoms with Crippen molar-refractivity contribution >= 4 is 28.4 Å². The Hall–Kier alpha value is -0.660. The highest BCUT2D eigenvalue weighted by Crippen LogP contribution is 2.20. The summed E-state index contributed by atoms with van der Waals surface area (Å²) in [7, 11) is 0. The Kier molecular flexibility index (Phi) is 2.71. The van der Waals surface area contributed by atoms with E-state index in [1.165, 1.54) is 6.26 Å². The standard InChI is InChI=1S/C7H9N3O2S2/c1-14(12)7-10-9-6(13-7)5(11)8-4-2-3-4/h4H,2-3H2,1H3,(H,8,11). The first-order valence-corrected chi connectivity index (χ1v) is 6.52. The molecule has 0 aliphatic heterocycles. The molecule has 2 rings (SSSR count). The fraction of sp³-hybridized carbons (Fsp3) is 0.571. The molecule has 1 atom stereocenters. The summed E-state index contributed by atoms with van der Waals surface area (Å²) in [6.45, 7) is 0. The van der Waals surface area contributed by atoms with Gasteiger partial charge in [-0.25, -0.2) is 0 Å². The molecule has 1 aromatic rings. The van der Waals surface area contributed by atoms with Crippen LogP contribution in [0.3, 0.4) is 0 Å².